The molecule has 27 heavy (non-hydrogen) atoms. The minimum absolute atomic E-state index is 0.118. The Balaban J connectivity index is 1.61. The van der Waals surface area contributed by atoms with Crippen LogP contribution in [0.3, 0.4) is 0 Å². The molecule has 0 spiro atoms. The first-order valence-electron chi connectivity index (χ1n) is 7.93. The maximum absolute atomic E-state index is 12.4. The number of carbonyl (C=O) groups excluding carboxylic acids is 2. The highest BCUT2D eigenvalue weighted by molar-refractivity contribution is 8.01. The number of benzene rings is 1. The standard InChI is InChI=1S/C16H15N5O4S2/c1-2-25-13(23)9-26-16-20-19-15(27-16)18-12(22)8-21-14(24)11-6-4-3-5-10(11)7-17-21/h3-7H,2,8-9H2,1H3,(H,18,19,22). The van der Waals surface area contributed by atoms with Crippen LogP contribution in [0.5, 0.6) is 0 Å². The van der Waals surface area contributed by atoms with Crippen LogP contribution in [0.25, 0.3) is 10.8 Å². The first-order chi connectivity index (χ1) is 13.1. The smallest absolute Gasteiger partial charge is 0.316 e. The monoisotopic (exact) mass is 405 g/mol. The molecule has 11 heteroatoms. The summed E-state index contributed by atoms with van der Waals surface area (Å²) in [6, 6.07) is 7.04. The summed E-state index contributed by atoms with van der Waals surface area (Å²) in [5.41, 5.74) is -0.341. The van der Waals surface area contributed by atoms with Crippen molar-refractivity contribution in [3.05, 3.63) is 40.8 Å². The molecule has 0 atom stereocenters. The number of amides is 1. The van der Waals surface area contributed by atoms with Gasteiger partial charge in [0.05, 0.1) is 23.9 Å². The van der Waals surface area contributed by atoms with Gasteiger partial charge in [0.15, 0.2) is 4.34 Å². The summed E-state index contributed by atoms with van der Waals surface area (Å²) in [5, 5.41) is 15.8. The minimum atomic E-state index is -0.446. The van der Waals surface area contributed by atoms with Crippen LogP contribution in [-0.4, -0.2) is 44.2 Å². The number of ether oxygens (including phenoxy) is 1. The van der Waals surface area contributed by atoms with E-state index >= 15 is 0 Å². The van der Waals surface area contributed by atoms with E-state index < -0.39 is 5.91 Å². The van der Waals surface area contributed by atoms with Crippen LogP contribution in [0.4, 0.5) is 5.13 Å². The summed E-state index contributed by atoms with van der Waals surface area (Å²) in [5.74, 6) is -0.671. The zero-order chi connectivity index (χ0) is 19.2. The number of nitrogens with zero attached hydrogens (tertiary/aromatic N) is 4. The lowest BCUT2D eigenvalue weighted by atomic mass is 10.2. The largest absolute Gasteiger partial charge is 0.465 e. The maximum atomic E-state index is 12.4. The van der Waals surface area contributed by atoms with Gasteiger partial charge in [0.25, 0.3) is 5.56 Å². The third kappa shape index (κ3) is 4.89. The number of rotatable bonds is 7. The van der Waals surface area contributed by atoms with Crippen molar-refractivity contribution in [1.29, 1.82) is 0 Å². The van der Waals surface area contributed by atoms with Gasteiger partial charge in [0.2, 0.25) is 11.0 Å². The second-order valence-electron chi connectivity index (χ2n) is 5.21. The van der Waals surface area contributed by atoms with Crippen molar-refractivity contribution < 1.29 is 14.3 Å². The van der Waals surface area contributed by atoms with Crippen LogP contribution in [0, 0.1) is 0 Å². The molecule has 2 heterocycles. The highest BCUT2D eigenvalue weighted by atomic mass is 32.2. The number of carbonyl (C=O) groups is 2. The fourth-order valence-electron chi connectivity index (χ4n) is 2.18. The lowest BCUT2D eigenvalue weighted by molar-refractivity contribution is -0.139. The number of nitrogens with one attached hydrogen (secondary N) is 1. The molecular weight excluding hydrogens is 390 g/mol. The van der Waals surface area contributed by atoms with E-state index in [0.717, 1.165) is 16.0 Å². The van der Waals surface area contributed by atoms with Gasteiger partial charge >= 0.3 is 5.97 Å². The van der Waals surface area contributed by atoms with Gasteiger partial charge in [-0.3, -0.25) is 19.7 Å². The average molecular weight is 405 g/mol. The van der Waals surface area contributed by atoms with Crippen LogP contribution < -0.4 is 10.9 Å². The molecule has 0 bridgehead atoms. The van der Waals surface area contributed by atoms with Gasteiger partial charge in [-0.15, -0.1) is 10.2 Å². The van der Waals surface area contributed by atoms with Gasteiger partial charge in [0.1, 0.15) is 6.54 Å². The minimum Gasteiger partial charge on any atom is -0.465 e. The van der Waals surface area contributed by atoms with Crippen molar-refractivity contribution in [1.82, 2.24) is 20.0 Å². The molecule has 0 saturated heterocycles. The van der Waals surface area contributed by atoms with E-state index in [9.17, 15) is 14.4 Å². The predicted molar refractivity (Wildman–Crippen MR) is 102 cm³/mol. The van der Waals surface area contributed by atoms with Crippen molar-refractivity contribution in [2.45, 2.75) is 17.8 Å². The van der Waals surface area contributed by atoms with Gasteiger partial charge in [-0.05, 0) is 13.0 Å². The predicted octanol–water partition coefficient (Wildman–Crippen LogP) is 1.54. The molecule has 0 radical (unpaired) electrons. The Morgan fingerprint density at radius 2 is 2.11 bits per heavy atom. The van der Waals surface area contributed by atoms with E-state index in [2.05, 4.69) is 20.6 Å². The Morgan fingerprint density at radius 1 is 1.30 bits per heavy atom. The molecule has 0 saturated carbocycles. The molecule has 1 N–H and O–H groups in total. The quantitative estimate of drug-likeness (QED) is 0.357. The Labute approximate surface area is 161 Å². The summed E-state index contributed by atoms with van der Waals surface area (Å²) in [6.45, 7) is 1.81. The summed E-state index contributed by atoms with van der Waals surface area (Å²) in [7, 11) is 0. The topological polar surface area (TPSA) is 116 Å². The first kappa shape index (κ1) is 19.0. The number of fused-ring (bicyclic) bond motifs is 1. The van der Waals surface area contributed by atoms with E-state index in [1.54, 1.807) is 31.3 Å². The molecule has 2 aromatic heterocycles. The molecule has 140 valence electrons. The number of esters is 1. The fourth-order valence-corrected chi connectivity index (χ4v) is 3.74. The number of anilines is 1. The molecule has 0 aliphatic heterocycles. The molecule has 1 aromatic carbocycles. The number of hydrogen-bond donors (Lipinski definition) is 1. The average Bonchev–Trinajstić information content (AvgIpc) is 3.10. The van der Waals surface area contributed by atoms with Crippen LogP contribution in [0.2, 0.25) is 0 Å². The molecular formula is C16H15N5O4S2. The number of aromatic nitrogens is 4. The maximum Gasteiger partial charge on any atom is 0.316 e. The van der Waals surface area contributed by atoms with Crippen LogP contribution in [0.15, 0.2) is 39.6 Å². The van der Waals surface area contributed by atoms with Crippen LogP contribution >= 0.6 is 23.1 Å². The van der Waals surface area contributed by atoms with Crippen molar-refractivity contribution in [3.63, 3.8) is 0 Å². The summed E-state index contributed by atoms with van der Waals surface area (Å²) in [6.07, 6.45) is 1.54. The second kappa shape index (κ2) is 8.73. The van der Waals surface area contributed by atoms with Gasteiger partial charge in [0, 0.05) is 5.39 Å². The van der Waals surface area contributed by atoms with E-state index in [4.69, 9.17) is 4.74 Å². The van der Waals surface area contributed by atoms with Crippen LogP contribution in [0.1, 0.15) is 6.92 Å². The van der Waals surface area contributed by atoms with Crippen LogP contribution in [-0.2, 0) is 20.9 Å². The van der Waals surface area contributed by atoms with Crippen molar-refractivity contribution in [3.8, 4) is 0 Å². The van der Waals surface area contributed by atoms with Crippen molar-refractivity contribution in [2.24, 2.45) is 0 Å². The lowest BCUT2D eigenvalue weighted by Gasteiger charge is -2.05. The number of thioether (sulfide) groups is 1. The highest BCUT2D eigenvalue weighted by Crippen LogP contribution is 2.25. The van der Waals surface area contributed by atoms with E-state index in [0.29, 0.717) is 21.7 Å². The van der Waals surface area contributed by atoms with Crippen molar-refractivity contribution >= 4 is 50.9 Å². The van der Waals surface area contributed by atoms with E-state index in [1.165, 1.54) is 11.8 Å². The molecule has 9 nitrogen and oxygen atoms in total. The molecule has 3 aromatic rings. The molecule has 0 fully saturated rings. The Bertz CT molecular complexity index is 1030. The Hall–Kier alpha value is -2.79. The lowest BCUT2D eigenvalue weighted by Crippen LogP contribution is -2.29. The number of hydrogen-bond acceptors (Lipinski definition) is 9. The van der Waals surface area contributed by atoms with Gasteiger partial charge in [-0.2, -0.15) is 5.10 Å². The fraction of sp³-hybridized carbons (Fsp3) is 0.250. The van der Waals surface area contributed by atoms with E-state index in [-0.39, 0.29) is 29.0 Å². The molecule has 1 amide bonds. The Kier molecular flexibility index (Phi) is 6.14. The molecule has 0 unspecified atom stereocenters. The second-order valence-corrected chi connectivity index (χ2v) is 7.41. The van der Waals surface area contributed by atoms with Gasteiger partial charge < -0.3 is 4.74 Å². The highest BCUT2D eigenvalue weighted by Gasteiger charge is 2.13. The molecule has 3 rings (SSSR count). The first-order valence-corrected chi connectivity index (χ1v) is 9.73. The van der Waals surface area contributed by atoms with Crippen molar-refractivity contribution in [2.75, 3.05) is 17.7 Å². The zero-order valence-corrected chi connectivity index (χ0v) is 15.9. The molecule has 0 aliphatic carbocycles. The molecule has 0 aliphatic rings. The Morgan fingerprint density at radius 3 is 2.93 bits per heavy atom. The summed E-state index contributed by atoms with van der Waals surface area (Å²) >= 11 is 2.31. The SMILES string of the molecule is CCOC(=O)CSc1nnc(NC(=O)Cn2ncc3ccccc3c2=O)s1. The zero-order valence-electron chi connectivity index (χ0n) is 14.2. The van der Waals surface area contributed by atoms with E-state index in [1.807, 2.05) is 6.07 Å². The van der Waals surface area contributed by atoms with Gasteiger partial charge in [-0.1, -0.05) is 41.3 Å². The third-order valence-corrected chi connectivity index (χ3v) is 5.27. The summed E-state index contributed by atoms with van der Waals surface area (Å²) < 4.78 is 6.45. The summed E-state index contributed by atoms with van der Waals surface area (Å²) in [4.78, 5) is 35.9. The third-order valence-electron chi connectivity index (χ3n) is 3.33. The van der Waals surface area contributed by atoms with Gasteiger partial charge in [-0.25, -0.2) is 4.68 Å². The normalized spacial score (nSPS) is 10.7.